The van der Waals surface area contributed by atoms with E-state index >= 15 is 0 Å². The Bertz CT molecular complexity index is 413. The molecule has 0 aliphatic carbocycles. The number of likely N-dealkylation sites (tertiary alicyclic amines) is 1. The molecule has 1 saturated heterocycles. The zero-order chi connectivity index (χ0) is 13.1. The van der Waals surface area contributed by atoms with Gasteiger partial charge in [-0.15, -0.1) is 11.6 Å². The second kappa shape index (κ2) is 5.89. The molecule has 4 heteroatoms. The quantitative estimate of drug-likeness (QED) is 0.780. The molecule has 1 fully saturated rings. The Balaban J connectivity index is 2.14. The molecule has 0 aromatic heterocycles. The van der Waals surface area contributed by atoms with Crippen molar-refractivity contribution in [3.8, 4) is 5.75 Å². The number of benzene rings is 1. The molecule has 1 aliphatic rings. The molecule has 1 aromatic carbocycles. The summed E-state index contributed by atoms with van der Waals surface area (Å²) in [5.74, 6) is 1.23. The van der Waals surface area contributed by atoms with Crippen molar-refractivity contribution in [1.29, 1.82) is 0 Å². The summed E-state index contributed by atoms with van der Waals surface area (Å²) in [6.45, 7) is 3.79. The molecule has 1 heterocycles. The Morgan fingerprint density at radius 3 is 2.94 bits per heavy atom. The van der Waals surface area contributed by atoms with Crippen molar-refractivity contribution in [3.63, 3.8) is 0 Å². The molecule has 2 unspecified atom stereocenters. The molecule has 0 amide bonds. The van der Waals surface area contributed by atoms with Gasteiger partial charge in [0.05, 0.1) is 7.11 Å². The summed E-state index contributed by atoms with van der Waals surface area (Å²) >= 11 is 6.00. The van der Waals surface area contributed by atoms with Crippen LogP contribution < -0.4 is 4.74 Å². The predicted octanol–water partition coefficient (Wildman–Crippen LogP) is 3.28. The molecular formula is C14H19ClFNO. The SMILES string of the molecule is COc1cccc(CN2CCC(C)C2CCl)c1F. The average Bonchev–Trinajstić information content (AvgIpc) is 2.72. The number of nitrogens with zero attached hydrogens (tertiary/aromatic N) is 1. The van der Waals surface area contributed by atoms with Crippen LogP contribution in [-0.2, 0) is 6.54 Å². The van der Waals surface area contributed by atoms with Crippen molar-refractivity contribution < 1.29 is 9.13 Å². The van der Waals surface area contributed by atoms with E-state index in [-0.39, 0.29) is 5.82 Å². The standard InChI is InChI=1S/C14H19ClFNO/c1-10-6-7-17(12(10)8-15)9-11-4-3-5-13(18-2)14(11)16/h3-5,10,12H,6-9H2,1-2H3. The van der Waals surface area contributed by atoms with E-state index in [1.807, 2.05) is 12.1 Å². The minimum Gasteiger partial charge on any atom is -0.494 e. The minimum atomic E-state index is -0.257. The summed E-state index contributed by atoms with van der Waals surface area (Å²) in [5, 5.41) is 0. The molecule has 2 atom stereocenters. The molecule has 2 rings (SSSR count). The van der Waals surface area contributed by atoms with E-state index in [9.17, 15) is 4.39 Å². The van der Waals surface area contributed by atoms with E-state index in [0.29, 0.717) is 35.7 Å². The summed E-state index contributed by atoms with van der Waals surface area (Å²) in [6.07, 6.45) is 1.13. The monoisotopic (exact) mass is 271 g/mol. The molecule has 100 valence electrons. The highest BCUT2D eigenvalue weighted by atomic mass is 35.5. The Kier molecular flexibility index (Phi) is 4.46. The fourth-order valence-corrected chi connectivity index (χ4v) is 3.09. The third kappa shape index (κ3) is 2.62. The molecular weight excluding hydrogens is 253 g/mol. The van der Waals surface area contributed by atoms with E-state index in [1.54, 1.807) is 6.07 Å². The van der Waals surface area contributed by atoms with Gasteiger partial charge in [-0.05, 0) is 24.9 Å². The molecule has 0 radical (unpaired) electrons. The fraction of sp³-hybridized carbons (Fsp3) is 0.571. The summed E-state index contributed by atoms with van der Waals surface area (Å²) in [4.78, 5) is 2.26. The summed E-state index contributed by atoms with van der Waals surface area (Å²) < 4.78 is 19.1. The largest absolute Gasteiger partial charge is 0.494 e. The van der Waals surface area contributed by atoms with Gasteiger partial charge in [0.25, 0.3) is 0 Å². The summed E-state index contributed by atoms with van der Waals surface area (Å²) in [7, 11) is 1.49. The van der Waals surface area contributed by atoms with Crippen molar-refractivity contribution in [3.05, 3.63) is 29.6 Å². The van der Waals surface area contributed by atoms with Crippen molar-refractivity contribution in [1.82, 2.24) is 4.90 Å². The predicted molar refractivity (Wildman–Crippen MR) is 71.7 cm³/mol. The van der Waals surface area contributed by atoms with Crippen LogP contribution >= 0.6 is 11.6 Å². The zero-order valence-electron chi connectivity index (χ0n) is 10.8. The van der Waals surface area contributed by atoms with Crippen LogP contribution in [0.15, 0.2) is 18.2 Å². The Morgan fingerprint density at radius 1 is 1.50 bits per heavy atom. The third-order valence-corrected chi connectivity index (χ3v) is 4.11. The van der Waals surface area contributed by atoms with Gasteiger partial charge in [0, 0.05) is 24.0 Å². The third-order valence-electron chi connectivity index (χ3n) is 3.79. The van der Waals surface area contributed by atoms with E-state index < -0.39 is 0 Å². The lowest BCUT2D eigenvalue weighted by molar-refractivity contribution is 0.238. The first-order valence-corrected chi connectivity index (χ1v) is 6.82. The highest BCUT2D eigenvalue weighted by Crippen LogP contribution is 2.28. The Morgan fingerprint density at radius 2 is 2.28 bits per heavy atom. The normalized spacial score (nSPS) is 24.4. The van der Waals surface area contributed by atoms with Gasteiger partial charge in [-0.3, -0.25) is 4.90 Å². The first kappa shape index (κ1) is 13.6. The first-order chi connectivity index (χ1) is 8.67. The maximum Gasteiger partial charge on any atom is 0.169 e. The number of hydrogen-bond acceptors (Lipinski definition) is 2. The number of hydrogen-bond donors (Lipinski definition) is 0. The van der Waals surface area contributed by atoms with Crippen molar-refractivity contribution in [2.75, 3.05) is 19.5 Å². The van der Waals surface area contributed by atoms with Gasteiger partial charge in [-0.25, -0.2) is 4.39 Å². The maximum absolute atomic E-state index is 14.1. The summed E-state index contributed by atoms with van der Waals surface area (Å²) in [6, 6.07) is 5.63. The molecule has 1 aromatic rings. The van der Waals surface area contributed by atoms with Crippen LogP contribution in [0.3, 0.4) is 0 Å². The van der Waals surface area contributed by atoms with Crippen molar-refractivity contribution >= 4 is 11.6 Å². The molecule has 0 saturated carbocycles. The highest BCUT2D eigenvalue weighted by molar-refractivity contribution is 6.18. The summed E-state index contributed by atoms with van der Waals surface area (Å²) in [5.41, 5.74) is 0.679. The lowest BCUT2D eigenvalue weighted by Gasteiger charge is -2.25. The molecule has 1 aliphatic heterocycles. The number of halogens is 2. The number of ether oxygens (including phenoxy) is 1. The fourth-order valence-electron chi connectivity index (χ4n) is 2.59. The molecule has 2 nitrogen and oxygen atoms in total. The van der Waals surface area contributed by atoms with Gasteiger partial charge in [0.1, 0.15) is 0 Å². The molecule has 0 spiro atoms. The lowest BCUT2D eigenvalue weighted by Crippen LogP contribution is -2.33. The number of rotatable bonds is 4. The van der Waals surface area contributed by atoms with Crippen LogP contribution in [0, 0.1) is 11.7 Å². The maximum atomic E-state index is 14.1. The van der Waals surface area contributed by atoms with Gasteiger partial charge in [0.15, 0.2) is 11.6 Å². The second-order valence-electron chi connectivity index (χ2n) is 4.89. The second-order valence-corrected chi connectivity index (χ2v) is 5.20. The lowest BCUT2D eigenvalue weighted by atomic mass is 10.0. The molecule has 18 heavy (non-hydrogen) atoms. The van der Waals surface area contributed by atoms with Crippen LogP contribution in [0.2, 0.25) is 0 Å². The van der Waals surface area contributed by atoms with Gasteiger partial charge < -0.3 is 4.74 Å². The topological polar surface area (TPSA) is 12.5 Å². The highest BCUT2D eigenvalue weighted by Gasteiger charge is 2.30. The average molecular weight is 272 g/mol. The van der Waals surface area contributed by atoms with E-state index in [4.69, 9.17) is 16.3 Å². The van der Waals surface area contributed by atoms with Gasteiger partial charge >= 0.3 is 0 Å². The van der Waals surface area contributed by atoms with Crippen LogP contribution in [-0.4, -0.2) is 30.5 Å². The van der Waals surface area contributed by atoms with Crippen molar-refractivity contribution in [2.45, 2.75) is 25.9 Å². The van der Waals surface area contributed by atoms with Gasteiger partial charge in [-0.1, -0.05) is 19.1 Å². The molecule has 0 N–H and O–H groups in total. The van der Waals surface area contributed by atoms with Gasteiger partial charge in [0.2, 0.25) is 0 Å². The van der Waals surface area contributed by atoms with E-state index in [0.717, 1.165) is 13.0 Å². The molecule has 0 bridgehead atoms. The van der Waals surface area contributed by atoms with Crippen LogP contribution in [0.25, 0.3) is 0 Å². The number of alkyl halides is 1. The Labute approximate surface area is 113 Å². The van der Waals surface area contributed by atoms with Gasteiger partial charge in [-0.2, -0.15) is 0 Å². The zero-order valence-corrected chi connectivity index (χ0v) is 11.6. The van der Waals surface area contributed by atoms with E-state index in [1.165, 1.54) is 7.11 Å². The van der Waals surface area contributed by atoms with Crippen LogP contribution in [0.5, 0.6) is 5.75 Å². The van der Waals surface area contributed by atoms with Crippen molar-refractivity contribution in [2.24, 2.45) is 5.92 Å². The smallest absolute Gasteiger partial charge is 0.169 e. The van der Waals surface area contributed by atoms with Crippen LogP contribution in [0.4, 0.5) is 4.39 Å². The minimum absolute atomic E-state index is 0.257. The first-order valence-electron chi connectivity index (χ1n) is 6.28. The Hall–Kier alpha value is -0.800. The van der Waals surface area contributed by atoms with Crippen LogP contribution in [0.1, 0.15) is 18.9 Å². The van der Waals surface area contributed by atoms with E-state index in [2.05, 4.69) is 11.8 Å². The number of methoxy groups -OCH3 is 1.